The zero-order valence-corrected chi connectivity index (χ0v) is 20.4. The van der Waals surface area contributed by atoms with Crippen LogP contribution in [0.4, 0.5) is 5.82 Å². The van der Waals surface area contributed by atoms with E-state index in [1.54, 1.807) is 30.3 Å². The van der Waals surface area contributed by atoms with Gasteiger partial charge in [-0.2, -0.15) is 0 Å². The number of hydrogen-bond acceptors (Lipinski definition) is 5. The Labute approximate surface area is 214 Å². The van der Waals surface area contributed by atoms with Crippen molar-refractivity contribution >= 4 is 29.0 Å². The van der Waals surface area contributed by atoms with Crippen LogP contribution in [0.1, 0.15) is 11.1 Å². The number of carbonyl (C=O) groups excluding carboxylic acids is 1. The monoisotopic (exact) mass is 497 g/mol. The molecule has 3 aromatic carbocycles. The number of esters is 1. The number of fused-ring (bicyclic) bond motifs is 1. The summed E-state index contributed by atoms with van der Waals surface area (Å²) in [5.74, 6) is 1.32. The zero-order valence-electron chi connectivity index (χ0n) is 19.6. The average molecular weight is 498 g/mol. The lowest BCUT2D eigenvalue weighted by Gasteiger charge is -2.10. The molecular weight excluding hydrogens is 474 g/mol. The number of nitrogens with one attached hydrogen (secondary N) is 1. The highest BCUT2D eigenvalue weighted by molar-refractivity contribution is 6.30. The number of anilines is 1. The van der Waals surface area contributed by atoms with E-state index in [9.17, 15) is 4.79 Å². The maximum atomic E-state index is 12.4. The summed E-state index contributed by atoms with van der Waals surface area (Å²) < 4.78 is 13.1. The van der Waals surface area contributed by atoms with Crippen molar-refractivity contribution in [1.29, 1.82) is 0 Å². The lowest BCUT2D eigenvalue weighted by atomic mass is 10.1. The van der Waals surface area contributed by atoms with Gasteiger partial charge in [-0.3, -0.25) is 4.40 Å². The van der Waals surface area contributed by atoms with E-state index < -0.39 is 5.97 Å². The first-order valence-electron chi connectivity index (χ1n) is 11.5. The van der Waals surface area contributed by atoms with Gasteiger partial charge >= 0.3 is 5.97 Å². The van der Waals surface area contributed by atoms with Crippen LogP contribution in [0.2, 0.25) is 5.02 Å². The molecule has 0 bridgehead atoms. The van der Waals surface area contributed by atoms with E-state index in [2.05, 4.69) is 17.4 Å². The molecule has 0 saturated heterocycles. The maximum absolute atomic E-state index is 12.4. The summed E-state index contributed by atoms with van der Waals surface area (Å²) in [4.78, 5) is 17.3. The molecule has 0 amide bonds. The van der Waals surface area contributed by atoms with Crippen molar-refractivity contribution in [3.8, 4) is 22.8 Å². The fourth-order valence-electron chi connectivity index (χ4n) is 3.90. The van der Waals surface area contributed by atoms with Crippen LogP contribution < -0.4 is 14.8 Å². The van der Waals surface area contributed by atoms with E-state index >= 15 is 0 Å². The molecule has 0 atom stereocenters. The van der Waals surface area contributed by atoms with Crippen molar-refractivity contribution in [1.82, 2.24) is 9.38 Å². The van der Waals surface area contributed by atoms with E-state index in [1.165, 1.54) is 0 Å². The number of benzene rings is 3. The molecule has 0 radical (unpaired) electrons. The van der Waals surface area contributed by atoms with Gasteiger partial charge in [0.1, 0.15) is 28.7 Å². The van der Waals surface area contributed by atoms with Crippen LogP contribution in [-0.2, 0) is 11.3 Å². The van der Waals surface area contributed by atoms with E-state index in [0.717, 1.165) is 33.8 Å². The zero-order chi connectivity index (χ0) is 24.9. The van der Waals surface area contributed by atoms with Crippen molar-refractivity contribution in [2.75, 3.05) is 11.9 Å². The highest BCUT2D eigenvalue weighted by atomic mass is 35.5. The van der Waals surface area contributed by atoms with Crippen molar-refractivity contribution in [2.45, 2.75) is 13.5 Å². The summed E-state index contributed by atoms with van der Waals surface area (Å²) in [7, 11) is 0. The number of nitrogens with zero attached hydrogens (tertiary/aromatic N) is 2. The second kappa shape index (κ2) is 10.5. The van der Waals surface area contributed by atoms with Gasteiger partial charge in [0.15, 0.2) is 6.61 Å². The SMILES string of the molecule is Cc1cccn2c(NCc3ccccc3)c(-c3cccc(OC(=O)COc4ccc(Cl)cc4)c3)nc12. The van der Waals surface area contributed by atoms with E-state index in [1.807, 2.05) is 66.1 Å². The summed E-state index contributed by atoms with van der Waals surface area (Å²) in [6.45, 7) is 2.46. The third-order valence-corrected chi connectivity index (χ3v) is 5.91. The third kappa shape index (κ3) is 5.34. The van der Waals surface area contributed by atoms with Gasteiger partial charge in [-0.15, -0.1) is 0 Å². The summed E-state index contributed by atoms with van der Waals surface area (Å²) in [6, 6.07) is 28.4. The summed E-state index contributed by atoms with van der Waals surface area (Å²) in [5, 5.41) is 4.14. The highest BCUT2D eigenvalue weighted by Gasteiger charge is 2.16. The minimum atomic E-state index is -0.504. The van der Waals surface area contributed by atoms with Crippen LogP contribution in [0.5, 0.6) is 11.5 Å². The molecule has 1 N–H and O–H groups in total. The fourth-order valence-corrected chi connectivity index (χ4v) is 4.02. The molecule has 180 valence electrons. The molecule has 5 rings (SSSR count). The molecule has 36 heavy (non-hydrogen) atoms. The van der Waals surface area contributed by atoms with Crippen LogP contribution in [-0.4, -0.2) is 22.0 Å². The highest BCUT2D eigenvalue weighted by Crippen LogP contribution is 2.32. The minimum Gasteiger partial charge on any atom is -0.482 e. The smallest absolute Gasteiger partial charge is 0.349 e. The largest absolute Gasteiger partial charge is 0.482 e. The predicted molar refractivity (Wildman–Crippen MR) is 142 cm³/mol. The van der Waals surface area contributed by atoms with Crippen LogP contribution >= 0.6 is 11.6 Å². The number of carbonyl (C=O) groups is 1. The standard InChI is InChI=1S/C29H24ClN3O3/c1-20-7-6-16-33-28(20)32-27(29(33)31-18-21-8-3-2-4-9-21)22-10-5-11-25(17-22)36-26(34)19-35-24-14-12-23(30)13-15-24/h2-17,31H,18-19H2,1H3. The van der Waals surface area contributed by atoms with Gasteiger partial charge in [0.05, 0.1) is 0 Å². The first-order chi connectivity index (χ1) is 17.6. The molecular formula is C29H24ClN3O3. The fraction of sp³-hybridized carbons (Fsp3) is 0.103. The van der Waals surface area contributed by atoms with Crippen LogP contribution in [0, 0.1) is 6.92 Å². The van der Waals surface area contributed by atoms with Crippen LogP contribution in [0.15, 0.2) is 97.2 Å². The number of hydrogen-bond donors (Lipinski definition) is 1. The van der Waals surface area contributed by atoms with Gasteiger partial charge in [-0.25, -0.2) is 9.78 Å². The predicted octanol–water partition coefficient (Wildman–Crippen LogP) is 6.56. The van der Waals surface area contributed by atoms with Crippen LogP contribution in [0.25, 0.3) is 16.9 Å². The number of halogens is 1. The second-order valence-corrected chi connectivity index (χ2v) is 8.71. The van der Waals surface area contributed by atoms with Gasteiger partial charge in [0.2, 0.25) is 0 Å². The number of ether oxygens (including phenoxy) is 2. The molecule has 6 nitrogen and oxygen atoms in total. The summed E-state index contributed by atoms with van der Waals surface area (Å²) in [6.07, 6.45) is 1.99. The Hall–Kier alpha value is -4.29. The molecule has 0 spiro atoms. The Morgan fingerprint density at radius 3 is 2.56 bits per heavy atom. The van der Waals surface area contributed by atoms with E-state index in [4.69, 9.17) is 26.1 Å². The van der Waals surface area contributed by atoms with Crippen LogP contribution in [0.3, 0.4) is 0 Å². The minimum absolute atomic E-state index is 0.219. The molecule has 0 fully saturated rings. The molecule has 2 heterocycles. The molecule has 2 aromatic heterocycles. The molecule has 0 aliphatic rings. The third-order valence-electron chi connectivity index (χ3n) is 5.66. The molecule has 5 aromatic rings. The maximum Gasteiger partial charge on any atom is 0.349 e. The van der Waals surface area contributed by atoms with Gasteiger partial charge < -0.3 is 14.8 Å². The molecule has 0 unspecified atom stereocenters. The van der Waals surface area contributed by atoms with Crippen molar-refractivity contribution in [3.05, 3.63) is 113 Å². The normalized spacial score (nSPS) is 10.8. The number of rotatable bonds is 8. The first-order valence-corrected chi connectivity index (χ1v) is 11.9. The lowest BCUT2D eigenvalue weighted by molar-refractivity contribution is -0.136. The Balaban J connectivity index is 1.38. The quantitative estimate of drug-likeness (QED) is 0.194. The Bertz CT molecular complexity index is 1500. The van der Waals surface area contributed by atoms with Crippen molar-refractivity contribution in [2.24, 2.45) is 0 Å². The van der Waals surface area contributed by atoms with Gasteiger partial charge in [-0.05, 0) is 60.5 Å². The topological polar surface area (TPSA) is 64.9 Å². The molecule has 0 aliphatic heterocycles. The molecule has 0 saturated carbocycles. The lowest BCUT2D eigenvalue weighted by Crippen LogP contribution is -2.17. The average Bonchev–Trinajstić information content (AvgIpc) is 3.28. The molecule has 0 aliphatic carbocycles. The second-order valence-electron chi connectivity index (χ2n) is 8.28. The summed E-state index contributed by atoms with van der Waals surface area (Å²) in [5.41, 5.74) is 4.69. The number of imidazole rings is 1. The van der Waals surface area contributed by atoms with Gasteiger partial charge in [-0.1, -0.05) is 60.1 Å². The number of aryl methyl sites for hydroxylation is 1. The van der Waals surface area contributed by atoms with Gasteiger partial charge in [0.25, 0.3) is 0 Å². The Kier molecular flexibility index (Phi) is 6.87. The van der Waals surface area contributed by atoms with E-state index in [0.29, 0.717) is 23.1 Å². The van der Waals surface area contributed by atoms with E-state index in [-0.39, 0.29) is 6.61 Å². The molecule has 7 heteroatoms. The Morgan fingerprint density at radius 2 is 1.75 bits per heavy atom. The van der Waals surface area contributed by atoms with Gasteiger partial charge in [0, 0.05) is 23.3 Å². The van der Waals surface area contributed by atoms with Crippen molar-refractivity contribution in [3.63, 3.8) is 0 Å². The summed E-state index contributed by atoms with van der Waals surface area (Å²) >= 11 is 5.89. The Morgan fingerprint density at radius 1 is 0.944 bits per heavy atom. The number of pyridine rings is 1. The number of aromatic nitrogens is 2. The van der Waals surface area contributed by atoms with Crippen molar-refractivity contribution < 1.29 is 14.3 Å². The first kappa shape index (κ1) is 23.5.